The lowest BCUT2D eigenvalue weighted by molar-refractivity contribution is 0.310. The van der Waals surface area contributed by atoms with E-state index in [1.807, 2.05) is 13.0 Å². The summed E-state index contributed by atoms with van der Waals surface area (Å²) in [5, 5.41) is 0. The quantitative estimate of drug-likeness (QED) is 0.767. The Hall–Kier alpha value is -1.18. The first kappa shape index (κ1) is 13.9. The van der Waals surface area contributed by atoms with Gasteiger partial charge in [-0.15, -0.1) is 0 Å². The molecular formula is C15H24O2. The summed E-state index contributed by atoms with van der Waals surface area (Å²) in [5.41, 5.74) is 1.67. The van der Waals surface area contributed by atoms with Crippen molar-refractivity contribution in [2.75, 3.05) is 13.7 Å². The van der Waals surface area contributed by atoms with Gasteiger partial charge in [0.25, 0.3) is 0 Å². The van der Waals surface area contributed by atoms with E-state index >= 15 is 0 Å². The van der Waals surface area contributed by atoms with Crippen LogP contribution in [0.1, 0.15) is 39.7 Å². The van der Waals surface area contributed by atoms with Crippen molar-refractivity contribution in [1.82, 2.24) is 0 Å². The second-order valence-electron chi connectivity index (χ2n) is 5.48. The van der Waals surface area contributed by atoms with Crippen molar-refractivity contribution in [3.63, 3.8) is 0 Å². The number of hydrogen-bond acceptors (Lipinski definition) is 2. The van der Waals surface area contributed by atoms with Crippen LogP contribution in [0, 0.1) is 5.41 Å². The number of ether oxygens (including phenoxy) is 2. The molecule has 1 aromatic rings. The molecule has 0 amide bonds. The molecule has 0 fully saturated rings. The summed E-state index contributed by atoms with van der Waals surface area (Å²) in [6.45, 7) is 9.43. The Bertz CT molecular complexity index is 350. The topological polar surface area (TPSA) is 18.5 Å². The molecular weight excluding hydrogens is 212 g/mol. The monoisotopic (exact) mass is 236 g/mol. The molecule has 17 heavy (non-hydrogen) atoms. The molecule has 2 nitrogen and oxygen atoms in total. The van der Waals surface area contributed by atoms with Gasteiger partial charge in [-0.05, 0) is 42.9 Å². The predicted molar refractivity (Wildman–Crippen MR) is 71.9 cm³/mol. The van der Waals surface area contributed by atoms with Crippen molar-refractivity contribution in [2.45, 2.75) is 40.5 Å². The minimum atomic E-state index is 0.367. The molecule has 0 saturated heterocycles. The van der Waals surface area contributed by atoms with Gasteiger partial charge >= 0.3 is 0 Å². The predicted octanol–water partition coefficient (Wildman–Crippen LogP) is 4.07. The molecule has 0 aliphatic carbocycles. The minimum absolute atomic E-state index is 0.367. The van der Waals surface area contributed by atoms with Crippen LogP contribution in [0.25, 0.3) is 0 Å². The van der Waals surface area contributed by atoms with E-state index < -0.39 is 0 Å². The van der Waals surface area contributed by atoms with Gasteiger partial charge in [-0.25, -0.2) is 0 Å². The highest BCUT2D eigenvalue weighted by atomic mass is 16.5. The Kier molecular flexibility index (Phi) is 4.86. The number of benzene rings is 1. The smallest absolute Gasteiger partial charge is 0.161 e. The summed E-state index contributed by atoms with van der Waals surface area (Å²) in [6, 6.07) is 6.20. The Balaban J connectivity index is 2.75. The molecule has 2 heteroatoms. The Morgan fingerprint density at radius 3 is 2.35 bits per heavy atom. The Morgan fingerprint density at radius 2 is 1.82 bits per heavy atom. The fraction of sp³-hybridized carbons (Fsp3) is 0.600. The highest BCUT2D eigenvalue weighted by Crippen LogP contribution is 2.30. The lowest BCUT2D eigenvalue weighted by atomic mass is 9.89. The molecule has 1 aromatic carbocycles. The third-order valence-electron chi connectivity index (χ3n) is 2.69. The van der Waals surface area contributed by atoms with Gasteiger partial charge in [0.15, 0.2) is 11.5 Å². The largest absolute Gasteiger partial charge is 0.493 e. The molecule has 0 aliphatic rings. The van der Waals surface area contributed by atoms with E-state index in [-0.39, 0.29) is 0 Å². The molecule has 0 saturated carbocycles. The molecule has 0 atom stereocenters. The van der Waals surface area contributed by atoms with Gasteiger partial charge < -0.3 is 9.47 Å². The van der Waals surface area contributed by atoms with Gasteiger partial charge in [0.1, 0.15) is 0 Å². The number of methoxy groups -OCH3 is 1. The van der Waals surface area contributed by atoms with E-state index in [1.165, 1.54) is 12.0 Å². The van der Waals surface area contributed by atoms with Crippen molar-refractivity contribution >= 4 is 0 Å². The van der Waals surface area contributed by atoms with Crippen molar-refractivity contribution in [3.8, 4) is 11.5 Å². The van der Waals surface area contributed by atoms with E-state index in [0.29, 0.717) is 12.0 Å². The van der Waals surface area contributed by atoms with Crippen LogP contribution in [0.5, 0.6) is 11.5 Å². The van der Waals surface area contributed by atoms with E-state index in [4.69, 9.17) is 9.47 Å². The van der Waals surface area contributed by atoms with Gasteiger partial charge in [-0.1, -0.05) is 26.8 Å². The molecule has 0 heterocycles. The maximum atomic E-state index is 5.50. The van der Waals surface area contributed by atoms with Crippen LogP contribution >= 0.6 is 0 Å². The maximum Gasteiger partial charge on any atom is 0.161 e. The second kappa shape index (κ2) is 5.95. The molecule has 0 unspecified atom stereocenters. The van der Waals surface area contributed by atoms with Crippen LogP contribution in [0.3, 0.4) is 0 Å². The summed E-state index contributed by atoms with van der Waals surface area (Å²) in [6.07, 6.45) is 2.25. The van der Waals surface area contributed by atoms with Gasteiger partial charge in [-0.3, -0.25) is 0 Å². The molecule has 0 bridgehead atoms. The summed E-state index contributed by atoms with van der Waals surface area (Å²) < 4.78 is 10.8. The lowest BCUT2D eigenvalue weighted by Crippen LogP contribution is -2.06. The number of aryl methyl sites for hydroxylation is 1. The van der Waals surface area contributed by atoms with Gasteiger partial charge in [0, 0.05) is 0 Å². The molecule has 0 aliphatic heterocycles. The Morgan fingerprint density at radius 1 is 1.12 bits per heavy atom. The average molecular weight is 236 g/mol. The average Bonchev–Trinajstić information content (AvgIpc) is 2.27. The standard InChI is InChI=1S/C15H24O2/c1-6-17-13-8-7-12(11-14(13)16-5)9-10-15(2,3)4/h7-8,11H,6,9-10H2,1-5H3. The summed E-state index contributed by atoms with van der Waals surface area (Å²) in [5.74, 6) is 1.66. The molecule has 0 spiro atoms. The summed E-state index contributed by atoms with van der Waals surface area (Å²) in [7, 11) is 1.69. The zero-order chi connectivity index (χ0) is 12.9. The third-order valence-corrected chi connectivity index (χ3v) is 2.69. The van der Waals surface area contributed by atoms with Crippen molar-refractivity contribution in [2.24, 2.45) is 5.41 Å². The minimum Gasteiger partial charge on any atom is -0.493 e. The van der Waals surface area contributed by atoms with Gasteiger partial charge in [0.05, 0.1) is 13.7 Å². The zero-order valence-electron chi connectivity index (χ0n) is 11.7. The van der Waals surface area contributed by atoms with Gasteiger partial charge in [0.2, 0.25) is 0 Å². The molecule has 1 rings (SSSR count). The van der Waals surface area contributed by atoms with Crippen molar-refractivity contribution in [1.29, 1.82) is 0 Å². The highest BCUT2D eigenvalue weighted by molar-refractivity contribution is 5.43. The summed E-state index contributed by atoms with van der Waals surface area (Å²) in [4.78, 5) is 0. The molecule has 0 N–H and O–H groups in total. The summed E-state index contributed by atoms with van der Waals surface area (Å²) >= 11 is 0. The fourth-order valence-electron chi connectivity index (χ4n) is 1.66. The molecule has 96 valence electrons. The van der Waals surface area contributed by atoms with E-state index in [1.54, 1.807) is 7.11 Å². The van der Waals surface area contributed by atoms with Crippen LogP contribution in [-0.4, -0.2) is 13.7 Å². The van der Waals surface area contributed by atoms with Crippen LogP contribution in [0.15, 0.2) is 18.2 Å². The van der Waals surface area contributed by atoms with Crippen molar-refractivity contribution in [3.05, 3.63) is 23.8 Å². The van der Waals surface area contributed by atoms with Crippen molar-refractivity contribution < 1.29 is 9.47 Å². The Labute approximate surface area is 105 Å². The SMILES string of the molecule is CCOc1ccc(CCC(C)(C)C)cc1OC. The third kappa shape index (κ3) is 4.68. The molecule has 0 aromatic heterocycles. The van der Waals surface area contributed by atoms with E-state index in [9.17, 15) is 0 Å². The first-order chi connectivity index (χ1) is 7.96. The lowest BCUT2D eigenvalue weighted by Gasteiger charge is -2.18. The number of hydrogen-bond donors (Lipinski definition) is 0. The van der Waals surface area contributed by atoms with Crippen LogP contribution in [0.4, 0.5) is 0 Å². The highest BCUT2D eigenvalue weighted by Gasteiger charge is 2.11. The normalized spacial score (nSPS) is 11.4. The van der Waals surface area contributed by atoms with Crippen LogP contribution in [0.2, 0.25) is 0 Å². The number of rotatable bonds is 5. The first-order valence-electron chi connectivity index (χ1n) is 6.26. The fourth-order valence-corrected chi connectivity index (χ4v) is 1.66. The zero-order valence-corrected chi connectivity index (χ0v) is 11.7. The van der Waals surface area contributed by atoms with Gasteiger partial charge in [-0.2, -0.15) is 0 Å². The van der Waals surface area contributed by atoms with E-state index in [0.717, 1.165) is 17.9 Å². The second-order valence-corrected chi connectivity index (χ2v) is 5.48. The maximum absolute atomic E-state index is 5.50. The van der Waals surface area contributed by atoms with Crippen LogP contribution in [-0.2, 0) is 6.42 Å². The van der Waals surface area contributed by atoms with Crippen LogP contribution < -0.4 is 9.47 Å². The van der Waals surface area contributed by atoms with E-state index in [2.05, 4.69) is 32.9 Å². The first-order valence-corrected chi connectivity index (χ1v) is 6.26. The molecule has 0 radical (unpaired) electrons.